The molecule has 8 heteroatoms. The van der Waals surface area contributed by atoms with Gasteiger partial charge in [-0.2, -0.15) is 0 Å². The van der Waals surface area contributed by atoms with Gasteiger partial charge in [0.1, 0.15) is 12.3 Å². The molecule has 2 atom stereocenters. The van der Waals surface area contributed by atoms with E-state index >= 15 is 0 Å². The number of hydrogen-bond donors (Lipinski definition) is 1. The van der Waals surface area contributed by atoms with Crippen molar-refractivity contribution in [2.24, 2.45) is 0 Å². The second-order valence-corrected chi connectivity index (χ2v) is 8.05. The zero-order chi connectivity index (χ0) is 16.6. The van der Waals surface area contributed by atoms with Crippen LogP contribution in [0.5, 0.6) is 5.75 Å². The van der Waals surface area contributed by atoms with Crippen LogP contribution in [0.2, 0.25) is 0 Å². The molecule has 7 nitrogen and oxygen atoms in total. The second-order valence-electron chi connectivity index (χ2n) is 5.82. The van der Waals surface area contributed by atoms with Gasteiger partial charge in [0, 0.05) is 6.04 Å². The number of rotatable bonds is 3. The lowest BCUT2D eigenvalue weighted by atomic mass is 10.2. The Labute approximate surface area is 134 Å². The van der Waals surface area contributed by atoms with Crippen molar-refractivity contribution in [1.29, 1.82) is 0 Å². The van der Waals surface area contributed by atoms with Gasteiger partial charge >= 0.3 is 0 Å². The third kappa shape index (κ3) is 3.31. The van der Waals surface area contributed by atoms with Crippen LogP contribution in [0.25, 0.3) is 0 Å². The van der Waals surface area contributed by atoms with Gasteiger partial charge in [-0.15, -0.1) is 0 Å². The van der Waals surface area contributed by atoms with Gasteiger partial charge < -0.3 is 10.1 Å². The molecular formula is C15H18N2O5S. The minimum atomic E-state index is -3.06. The normalized spacial score (nSPS) is 25.6. The van der Waals surface area contributed by atoms with E-state index in [2.05, 4.69) is 5.32 Å². The fourth-order valence-electron chi connectivity index (χ4n) is 2.85. The van der Waals surface area contributed by atoms with Gasteiger partial charge in [-0.25, -0.2) is 8.42 Å². The number of amides is 2. The molecule has 3 rings (SSSR count). The molecular weight excluding hydrogens is 320 g/mol. The van der Waals surface area contributed by atoms with E-state index in [1.54, 1.807) is 31.2 Å². The number of anilines is 1. The summed E-state index contributed by atoms with van der Waals surface area (Å²) < 4.78 is 28.4. The number of benzene rings is 1. The number of carbonyl (C=O) groups excluding carboxylic acids is 2. The minimum Gasteiger partial charge on any atom is -0.479 e. The number of hydrogen-bond acceptors (Lipinski definition) is 5. The Bertz CT molecular complexity index is 746. The molecule has 1 saturated heterocycles. The standard InChI is InChI=1S/C15H18N2O5S/c1-10-15(19)17(12-4-2-3-5-13(12)22-10)8-14(18)16-11-6-7-23(20,21)9-11/h2-5,10-11H,6-9H2,1H3,(H,16,18)/t10-,11+/m1/s1. The van der Waals surface area contributed by atoms with E-state index in [9.17, 15) is 18.0 Å². The Morgan fingerprint density at radius 3 is 2.83 bits per heavy atom. The summed E-state index contributed by atoms with van der Waals surface area (Å²) in [5.74, 6) is -0.0602. The summed E-state index contributed by atoms with van der Waals surface area (Å²) in [6.07, 6.45) is -0.248. The number of nitrogens with one attached hydrogen (secondary N) is 1. The summed E-state index contributed by atoms with van der Waals surface area (Å²) >= 11 is 0. The van der Waals surface area contributed by atoms with Crippen LogP contribution in [0, 0.1) is 0 Å². The third-order valence-corrected chi connectivity index (χ3v) is 5.74. The molecule has 2 aliphatic rings. The van der Waals surface area contributed by atoms with Gasteiger partial charge in [0.2, 0.25) is 5.91 Å². The van der Waals surface area contributed by atoms with Gasteiger partial charge in [-0.3, -0.25) is 14.5 Å². The van der Waals surface area contributed by atoms with E-state index < -0.39 is 15.9 Å². The zero-order valence-electron chi connectivity index (χ0n) is 12.7. The first kappa shape index (κ1) is 15.8. The van der Waals surface area contributed by atoms with Crippen LogP contribution in [0.15, 0.2) is 24.3 Å². The van der Waals surface area contributed by atoms with Crippen LogP contribution in [-0.4, -0.2) is 50.4 Å². The highest BCUT2D eigenvalue weighted by Gasteiger charge is 2.34. The highest BCUT2D eigenvalue weighted by atomic mass is 32.2. The van der Waals surface area contributed by atoms with E-state index in [0.29, 0.717) is 17.9 Å². The van der Waals surface area contributed by atoms with E-state index in [1.807, 2.05) is 0 Å². The Balaban J connectivity index is 1.71. The van der Waals surface area contributed by atoms with E-state index in [1.165, 1.54) is 4.90 Å². The molecule has 124 valence electrons. The molecule has 1 aromatic rings. The zero-order valence-corrected chi connectivity index (χ0v) is 13.5. The Hall–Kier alpha value is -2.09. The topological polar surface area (TPSA) is 92.8 Å². The molecule has 0 saturated carbocycles. The maximum atomic E-state index is 12.3. The van der Waals surface area contributed by atoms with Crippen molar-refractivity contribution in [3.8, 4) is 5.75 Å². The molecule has 2 amide bonds. The van der Waals surface area contributed by atoms with Gasteiger partial charge in [-0.05, 0) is 25.5 Å². The number of ether oxygens (including phenoxy) is 1. The Morgan fingerprint density at radius 1 is 1.39 bits per heavy atom. The number of para-hydroxylation sites is 2. The summed E-state index contributed by atoms with van der Waals surface area (Å²) in [6, 6.07) is 6.64. The highest BCUT2D eigenvalue weighted by Crippen LogP contribution is 2.33. The maximum Gasteiger partial charge on any atom is 0.268 e. The number of fused-ring (bicyclic) bond motifs is 1. The van der Waals surface area contributed by atoms with Crippen LogP contribution in [0.1, 0.15) is 13.3 Å². The molecule has 1 aromatic carbocycles. The van der Waals surface area contributed by atoms with Gasteiger partial charge in [0.25, 0.3) is 5.91 Å². The maximum absolute atomic E-state index is 12.3. The highest BCUT2D eigenvalue weighted by molar-refractivity contribution is 7.91. The third-order valence-electron chi connectivity index (χ3n) is 3.97. The molecule has 0 aliphatic carbocycles. The number of sulfone groups is 1. The predicted molar refractivity (Wildman–Crippen MR) is 84.1 cm³/mol. The monoisotopic (exact) mass is 338 g/mol. The van der Waals surface area contributed by atoms with Crippen molar-refractivity contribution < 1.29 is 22.7 Å². The lowest BCUT2D eigenvalue weighted by Crippen LogP contribution is -2.50. The van der Waals surface area contributed by atoms with E-state index in [-0.39, 0.29) is 35.9 Å². The fraction of sp³-hybridized carbons (Fsp3) is 0.467. The second kappa shape index (κ2) is 5.84. The quantitative estimate of drug-likeness (QED) is 0.844. The molecule has 0 aromatic heterocycles. The van der Waals surface area contributed by atoms with Crippen molar-refractivity contribution in [3.63, 3.8) is 0 Å². The van der Waals surface area contributed by atoms with Crippen molar-refractivity contribution in [2.75, 3.05) is 23.0 Å². The molecule has 1 fully saturated rings. The SMILES string of the molecule is C[C@H]1Oc2ccccc2N(CC(=O)N[C@H]2CCS(=O)(=O)C2)C1=O. The summed E-state index contributed by atoms with van der Waals surface area (Å²) in [7, 11) is -3.06. The average molecular weight is 338 g/mol. The van der Waals surface area contributed by atoms with Crippen LogP contribution >= 0.6 is 0 Å². The van der Waals surface area contributed by atoms with Crippen LogP contribution < -0.4 is 15.0 Å². The minimum absolute atomic E-state index is 0.0389. The first-order valence-corrected chi connectivity index (χ1v) is 9.25. The number of carbonyl (C=O) groups is 2. The Morgan fingerprint density at radius 2 is 2.13 bits per heavy atom. The molecule has 0 spiro atoms. The molecule has 0 unspecified atom stereocenters. The molecule has 2 aliphatic heterocycles. The van der Waals surface area contributed by atoms with Gasteiger partial charge in [-0.1, -0.05) is 12.1 Å². The molecule has 2 heterocycles. The summed E-state index contributed by atoms with van der Waals surface area (Å²) in [5, 5.41) is 2.70. The van der Waals surface area contributed by atoms with E-state index in [0.717, 1.165) is 0 Å². The van der Waals surface area contributed by atoms with Crippen LogP contribution in [0.3, 0.4) is 0 Å². The Kier molecular flexibility index (Phi) is 4.01. The largest absolute Gasteiger partial charge is 0.479 e. The van der Waals surface area contributed by atoms with Crippen molar-refractivity contribution >= 4 is 27.3 Å². The predicted octanol–water partition coefficient (Wildman–Crippen LogP) is 0.104. The molecule has 23 heavy (non-hydrogen) atoms. The van der Waals surface area contributed by atoms with Crippen molar-refractivity contribution in [1.82, 2.24) is 5.32 Å². The van der Waals surface area contributed by atoms with Gasteiger partial charge in [0.15, 0.2) is 15.9 Å². The smallest absolute Gasteiger partial charge is 0.268 e. The fourth-order valence-corrected chi connectivity index (χ4v) is 4.52. The summed E-state index contributed by atoms with van der Waals surface area (Å²) in [4.78, 5) is 25.9. The van der Waals surface area contributed by atoms with Crippen LogP contribution in [-0.2, 0) is 19.4 Å². The molecule has 0 radical (unpaired) electrons. The van der Waals surface area contributed by atoms with E-state index in [4.69, 9.17) is 4.74 Å². The average Bonchev–Trinajstić information content (AvgIpc) is 2.82. The lowest BCUT2D eigenvalue weighted by molar-refractivity contribution is -0.128. The van der Waals surface area contributed by atoms with Crippen molar-refractivity contribution in [3.05, 3.63) is 24.3 Å². The first-order valence-electron chi connectivity index (χ1n) is 7.42. The van der Waals surface area contributed by atoms with Crippen molar-refractivity contribution in [2.45, 2.75) is 25.5 Å². The summed E-state index contributed by atoms with van der Waals surface area (Å²) in [5.41, 5.74) is 0.546. The molecule has 1 N–H and O–H groups in total. The summed E-state index contributed by atoms with van der Waals surface area (Å²) in [6.45, 7) is 1.48. The van der Waals surface area contributed by atoms with Gasteiger partial charge in [0.05, 0.1) is 17.2 Å². The first-order chi connectivity index (χ1) is 10.9. The number of nitrogens with zero attached hydrogens (tertiary/aromatic N) is 1. The van der Waals surface area contributed by atoms with Crippen LogP contribution in [0.4, 0.5) is 5.69 Å². The molecule has 0 bridgehead atoms. The lowest BCUT2D eigenvalue weighted by Gasteiger charge is -2.32.